The first kappa shape index (κ1) is 52.4. The number of hydrogen-bond acceptors (Lipinski definition) is 13. The van der Waals surface area contributed by atoms with E-state index in [4.69, 9.17) is 9.41 Å². The van der Waals surface area contributed by atoms with Gasteiger partial charge >= 0.3 is 11.9 Å². The zero-order chi connectivity index (χ0) is 54.0. The summed E-state index contributed by atoms with van der Waals surface area (Å²) < 4.78 is 139. The molecule has 74 heavy (non-hydrogen) atoms. The van der Waals surface area contributed by atoms with E-state index >= 15 is 0 Å². The number of rotatable bonds is 14. The van der Waals surface area contributed by atoms with Gasteiger partial charge in [-0.1, -0.05) is 42.5 Å². The number of sulfonamides is 2. The van der Waals surface area contributed by atoms with Crippen molar-refractivity contribution in [1.29, 1.82) is 0 Å². The normalized spacial score (nSPS) is 12.5. The van der Waals surface area contributed by atoms with E-state index < -0.39 is 78.0 Å². The largest absolute Gasteiger partial charge is 0.478 e. The molecular weight excluding hydrogens is 1040 g/mol. The van der Waals surface area contributed by atoms with Gasteiger partial charge in [-0.3, -0.25) is 18.5 Å². The summed E-state index contributed by atoms with van der Waals surface area (Å²) in [6, 6.07) is 27.1. The lowest BCUT2D eigenvalue weighted by Crippen LogP contribution is -2.19. The van der Waals surface area contributed by atoms with E-state index in [9.17, 15) is 62.6 Å². The van der Waals surface area contributed by atoms with Gasteiger partial charge < -0.3 is 19.9 Å². The van der Waals surface area contributed by atoms with Gasteiger partial charge in [-0.15, -0.1) is 0 Å². The summed E-state index contributed by atoms with van der Waals surface area (Å²) in [5.74, 6) is -3.08. The highest BCUT2D eigenvalue weighted by Gasteiger charge is 2.30. The predicted octanol–water partition coefficient (Wildman–Crippen LogP) is 9.52. The smallest absolute Gasteiger partial charge is 0.335 e. The standard InChI is InChI=1S/C51H44N4O15S4/c1-26-20-27(2)46(54-71(60,61)36-12-8-7-9-13-36)28(3)45(26)52-34-16-18-38-41(24-34)70-42-25-35(17-19-39(42)44(38)40-14-10-11-15-43(40)73(64,65)66)53-47-29(4)48(31(6)49(30(47)5)74(67,68)69)55-72(62,63)37-22-32(50(56)57)21-33(23-37)51(58)59/h7-25,53-55H,1-6H3,(H,56,57)(H,58,59)(H,64,65,66)(H,67,68,69). The molecular formula is C51H44N4O15S4. The summed E-state index contributed by atoms with van der Waals surface area (Å²) in [6.07, 6.45) is 0. The van der Waals surface area contributed by atoms with Crippen molar-refractivity contribution in [2.24, 2.45) is 4.99 Å². The Morgan fingerprint density at radius 2 is 1.14 bits per heavy atom. The molecule has 0 saturated carbocycles. The fourth-order valence-corrected chi connectivity index (χ4v) is 13.1. The average Bonchev–Trinajstić information content (AvgIpc) is 3.33. The third kappa shape index (κ3) is 10.1. The molecule has 0 radical (unpaired) electrons. The number of nitrogens with one attached hydrogen (secondary N) is 3. The lowest BCUT2D eigenvalue weighted by Gasteiger charge is -2.23. The lowest BCUT2D eigenvalue weighted by molar-refractivity contribution is 0.0696. The van der Waals surface area contributed by atoms with Crippen LogP contribution in [0.3, 0.4) is 0 Å². The number of carbonyl (C=O) groups is 2. The van der Waals surface area contributed by atoms with Gasteiger partial charge in [0.05, 0.1) is 43.3 Å². The van der Waals surface area contributed by atoms with Crippen LogP contribution in [0.4, 0.5) is 28.4 Å². The molecule has 8 rings (SSSR count). The summed E-state index contributed by atoms with van der Waals surface area (Å²) >= 11 is 0. The molecule has 0 bridgehead atoms. The van der Waals surface area contributed by atoms with E-state index in [0.717, 1.165) is 18.2 Å². The first-order valence-corrected chi connectivity index (χ1v) is 27.8. The number of carboxylic acid groups (broad SMARTS) is 2. The van der Waals surface area contributed by atoms with Crippen molar-refractivity contribution < 1.29 is 67.0 Å². The number of carboxylic acids is 2. The average molecular weight is 1080 g/mol. The Hall–Kier alpha value is -7.93. The topological polar surface area (TPSA) is 313 Å². The van der Waals surface area contributed by atoms with Crippen LogP contribution in [0.5, 0.6) is 0 Å². The highest BCUT2D eigenvalue weighted by atomic mass is 32.2. The Bertz CT molecular complexity index is 4180. The Labute approximate surface area is 424 Å². The van der Waals surface area contributed by atoms with Crippen molar-refractivity contribution in [3.8, 4) is 22.5 Å². The summed E-state index contributed by atoms with van der Waals surface area (Å²) in [4.78, 5) is 26.8. The van der Waals surface area contributed by atoms with Crippen LogP contribution in [-0.4, -0.2) is 64.9 Å². The summed E-state index contributed by atoms with van der Waals surface area (Å²) in [5.41, 5.74) is 1.77. The van der Waals surface area contributed by atoms with Gasteiger partial charge in [0.1, 0.15) is 21.1 Å². The van der Waals surface area contributed by atoms with E-state index in [1.165, 1.54) is 63.2 Å². The highest BCUT2D eigenvalue weighted by Crippen LogP contribution is 2.45. The quantitative estimate of drug-likeness (QED) is 0.0394. The summed E-state index contributed by atoms with van der Waals surface area (Å²) in [5, 5.41) is 23.0. The van der Waals surface area contributed by atoms with Crippen LogP contribution in [0.25, 0.3) is 33.4 Å². The van der Waals surface area contributed by atoms with Crippen molar-refractivity contribution in [3.63, 3.8) is 0 Å². The molecule has 0 atom stereocenters. The fraction of sp³-hybridized carbons (Fsp3) is 0.118. The molecule has 1 heterocycles. The number of nitrogens with zero attached hydrogens (tertiary/aromatic N) is 1. The van der Waals surface area contributed by atoms with Crippen LogP contribution in [0, 0.1) is 41.5 Å². The van der Waals surface area contributed by atoms with Crippen molar-refractivity contribution >= 4 is 91.6 Å². The van der Waals surface area contributed by atoms with E-state index in [1.807, 2.05) is 6.92 Å². The number of benzene rings is 7. The third-order valence-electron chi connectivity index (χ3n) is 12.3. The van der Waals surface area contributed by atoms with Gasteiger partial charge in [-0.25, -0.2) is 31.4 Å². The number of fused-ring (bicyclic) bond motifs is 2. The first-order valence-electron chi connectivity index (χ1n) is 21.9. The molecule has 0 spiro atoms. The van der Waals surface area contributed by atoms with Crippen LogP contribution in [0.2, 0.25) is 0 Å². The molecule has 6 aromatic carbocycles. The van der Waals surface area contributed by atoms with Crippen molar-refractivity contribution in [3.05, 3.63) is 165 Å². The molecule has 19 nitrogen and oxygen atoms in total. The monoisotopic (exact) mass is 1080 g/mol. The van der Waals surface area contributed by atoms with Gasteiger partial charge in [-0.05, 0) is 136 Å². The Morgan fingerprint density at radius 1 is 0.541 bits per heavy atom. The molecule has 1 aliphatic heterocycles. The van der Waals surface area contributed by atoms with Gasteiger partial charge in [-0.2, -0.15) is 16.8 Å². The summed E-state index contributed by atoms with van der Waals surface area (Å²) in [6.45, 7) is 9.31. The molecule has 0 amide bonds. The zero-order valence-electron chi connectivity index (χ0n) is 39.8. The molecule has 0 fully saturated rings. The second kappa shape index (κ2) is 19.2. The zero-order valence-corrected chi connectivity index (χ0v) is 43.1. The van der Waals surface area contributed by atoms with E-state index in [0.29, 0.717) is 49.9 Å². The van der Waals surface area contributed by atoms with Crippen molar-refractivity contribution in [2.45, 2.75) is 61.1 Å². The van der Waals surface area contributed by atoms with E-state index in [-0.39, 0.29) is 55.6 Å². The lowest BCUT2D eigenvalue weighted by atomic mass is 9.93. The number of anilines is 4. The maximum absolute atomic E-state index is 13.9. The molecule has 0 saturated heterocycles. The van der Waals surface area contributed by atoms with Crippen LogP contribution >= 0.6 is 0 Å². The second-order valence-corrected chi connectivity index (χ2v) is 23.4. The minimum atomic E-state index is -5.10. The van der Waals surface area contributed by atoms with Crippen LogP contribution in [-0.2, 0) is 40.3 Å². The van der Waals surface area contributed by atoms with Gasteiger partial charge in [0.15, 0.2) is 0 Å². The predicted molar refractivity (Wildman–Crippen MR) is 276 cm³/mol. The van der Waals surface area contributed by atoms with E-state index in [2.05, 4.69) is 14.8 Å². The second-order valence-electron chi connectivity index (χ2n) is 17.2. The minimum absolute atomic E-state index is 0.0288. The summed E-state index contributed by atoms with van der Waals surface area (Å²) in [7, 11) is -18.8. The van der Waals surface area contributed by atoms with E-state index in [1.54, 1.807) is 68.4 Å². The number of aromatic carboxylic acids is 2. The van der Waals surface area contributed by atoms with Crippen molar-refractivity contribution in [2.75, 3.05) is 14.8 Å². The molecule has 2 aliphatic rings. The molecule has 1 aliphatic carbocycles. The number of hydrogen-bond donors (Lipinski definition) is 7. The molecule has 6 aromatic rings. The minimum Gasteiger partial charge on any atom is -0.478 e. The van der Waals surface area contributed by atoms with Crippen molar-refractivity contribution in [1.82, 2.24) is 0 Å². The Morgan fingerprint density at radius 3 is 1.76 bits per heavy atom. The Balaban J connectivity index is 1.31. The molecule has 23 heteroatoms. The number of aryl methyl sites for hydroxylation is 2. The highest BCUT2D eigenvalue weighted by molar-refractivity contribution is 7.93. The molecule has 7 N–H and O–H groups in total. The SMILES string of the molecule is Cc1cc(C)c(NS(=O)(=O)c2ccccc2)c(C)c1N=c1ccc2c(-c3ccccc3S(=O)(=O)O)c3ccc(Nc4c(C)c(NS(=O)(=O)c5cc(C(=O)O)cc(C(=O)O)c5)c(C)c(S(=O)(=O)O)c4C)cc3oc-2c1. The molecule has 0 aromatic heterocycles. The van der Waals surface area contributed by atoms with Crippen LogP contribution in [0.15, 0.2) is 144 Å². The molecule has 0 unspecified atom stereocenters. The van der Waals surface area contributed by atoms with Gasteiger partial charge in [0, 0.05) is 45.6 Å². The van der Waals surface area contributed by atoms with Gasteiger partial charge in [0.25, 0.3) is 40.3 Å². The van der Waals surface area contributed by atoms with Gasteiger partial charge in [0.2, 0.25) is 0 Å². The fourth-order valence-electron chi connectivity index (χ4n) is 8.90. The maximum Gasteiger partial charge on any atom is 0.335 e. The first-order chi connectivity index (χ1) is 34.6. The van der Waals surface area contributed by atoms with Crippen LogP contribution < -0.4 is 20.1 Å². The third-order valence-corrected chi connectivity index (χ3v) is 17.0. The molecule has 382 valence electrons. The maximum atomic E-state index is 13.9. The Kier molecular flexibility index (Phi) is 13.6. The van der Waals surface area contributed by atoms with Crippen LogP contribution in [0.1, 0.15) is 54.1 Å².